The third-order valence-corrected chi connectivity index (χ3v) is 6.24. The molecule has 5 heteroatoms. The van der Waals surface area contributed by atoms with Crippen LogP contribution in [0.4, 0.5) is 0 Å². The maximum atomic E-state index is 13.3. The number of benzene rings is 2. The summed E-state index contributed by atoms with van der Waals surface area (Å²) < 4.78 is 5.64. The molecule has 1 amide bonds. The number of aliphatic hydroxyl groups is 1. The highest BCUT2D eigenvalue weighted by molar-refractivity contribution is 6.30. The van der Waals surface area contributed by atoms with Gasteiger partial charge < -0.3 is 15.2 Å². The Morgan fingerprint density at radius 2 is 1.78 bits per heavy atom. The summed E-state index contributed by atoms with van der Waals surface area (Å²) in [7, 11) is 0. The lowest BCUT2D eigenvalue weighted by Gasteiger charge is -2.36. The van der Waals surface area contributed by atoms with Crippen LogP contribution in [0.2, 0.25) is 5.02 Å². The van der Waals surface area contributed by atoms with Crippen LogP contribution >= 0.6 is 11.6 Å². The van der Waals surface area contributed by atoms with Crippen LogP contribution in [0.1, 0.15) is 43.2 Å². The molecule has 0 radical (unpaired) electrons. The van der Waals surface area contributed by atoms with E-state index in [9.17, 15) is 9.90 Å². The van der Waals surface area contributed by atoms with E-state index in [-0.39, 0.29) is 12.5 Å². The molecule has 1 saturated carbocycles. The standard InChI is InChI=1S/C22H24ClNO3/c23-17-9-7-16(8-10-17)21(11-3-4-12-21)20(25)24-15-22(26)13-14-27-19-6-2-1-5-18(19)22/h1-2,5-10,26H,3-4,11-15H2,(H,24,25). The molecule has 0 bridgehead atoms. The molecule has 4 rings (SSSR count). The van der Waals surface area contributed by atoms with Gasteiger partial charge in [0.2, 0.25) is 5.91 Å². The van der Waals surface area contributed by atoms with Gasteiger partial charge in [0.25, 0.3) is 0 Å². The number of hydrogen-bond donors (Lipinski definition) is 2. The highest BCUT2D eigenvalue weighted by atomic mass is 35.5. The Balaban J connectivity index is 1.55. The lowest BCUT2D eigenvalue weighted by molar-refractivity contribution is -0.128. The monoisotopic (exact) mass is 385 g/mol. The van der Waals surface area contributed by atoms with Crippen LogP contribution < -0.4 is 10.1 Å². The van der Waals surface area contributed by atoms with E-state index in [1.807, 2.05) is 48.5 Å². The molecule has 1 fully saturated rings. The summed E-state index contributed by atoms with van der Waals surface area (Å²) in [6.07, 6.45) is 4.14. The van der Waals surface area contributed by atoms with Gasteiger partial charge in [-0.25, -0.2) is 0 Å². The minimum Gasteiger partial charge on any atom is -0.493 e. The second-order valence-electron chi connectivity index (χ2n) is 7.60. The number of halogens is 1. The lowest BCUT2D eigenvalue weighted by atomic mass is 9.77. The fraction of sp³-hybridized carbons (Fsp3) is 0.409. The predicted octanol–water partition coefficient (Wildman–Crippen LogP) is 3.94. The Kier molecular flexibility index (Phi) is 4.87. The smallest absolute Gasteiger partial charge is 0.230 e. The van der Waals surface area contributed by atoms with Crippen molar-refractivity contribution in [2.45, 2.75) is 43.1 Å². The van der Waals surface area contributed by atoms with Gasteiger partial charge in [0.15, 0.2) is 0 Å². The van der Waals surface area contributed by atoms with Crippen molar-refractivity contribution in [2.75, 3.05) is 13.2 Å². The molecule has 2 aromatic carbocycles. The number of hydrogen-bond acceptors (Lipinski definition) is 3. The van der Waals surface area contributed by atoms with Crippen LogP contribution in [0.3, 0.4) is 0 Å². The molecular formula is C22H24ClNO3. The number of ether oxygens (including phenoxy) is 1. The summed E-state index contributed by atoms with van der Waals surface area (Å²) in [5.74, 6) is 0.675. The third kappa shape index (κ3) is 3.32. The Hall–Kier alpha value is -2.04. The summed E-state index contributed by atoms with van der Waals surface area (Å²) >= 11 is 6.03. The summed E-state index contributed by atoms with van der Waals surface area (Å²) in [4.78, 5) is 13.3. The van der Waals surface area contributed by atoms with Gasteiger partial charge in [0, 0.05) is 17.0 Å². The quantitative estimate of drug-likeness (QED) is 0.838. The van der Waals surface area contributed by atoms with Crippen molar-refractivity contribution in [3.05, 3.63) is 64.7 Å². The maximum absolute atomic E-state index is 13.3. The molecule has 1 aliphatic carbocycles. The SMILES string of the molecule is O=C(NCC1(O)CCOc2ccccc21)C1(c2ccc(Cl)cc2)CCCC1. The number of amides is 1. The lowest BCUT2D eigenvalue weighted by Crippen LogP contribution is -2.49. The summed E-state index contributed by atoms with van der Waals surface area (Å²) in [6.45, 7) is 0.618. The largest absolute Gasteiger partial charge is 0.493 e. The highest BCUT2D eigenvalue weighted by Crippen LogP contribution is 2.42. The van der Waals surface area contributed by atoms with Crippen LogP contribution in [0.5, 0.6) is 5.75 Å². The normalized spacial score (nSPS) is 23.3. The first-order valence-corrected chi connectivity index (χ1v) is 9.90. The van der Waals surface area contributed by atoms with E-state index in [0.29, 0.717) is 23.8 Å². The van der Waals surface area contributed by atoms with Crippen molar-refractivity contribution < 1.29 is 14.6 Å². The molecule has 4 nitrogen and oxygen atoms in total. The Morgan fingerprint density at radius 3 is 2.52 bits per heavy atom. The number of nitrogens with one attached hydrogen (secondary N) is 1. The summed E-state index contributed by atoms with van der Waals surface area (Å²) in [5, 5.41) is 14.9. The first-order valence-electron chi connectivity index (χ1n) is 9.53. The second-order valence-corrected chi connectivity index (χ2v) is 8.04. The zero-order chi connectivity index (χ0) is 18.9. The van der Waals surface area contributed by atoms with Gasteiger partial charge in [0.05, 0.1) is 18.6 Å². The topological polar surface area (TPSA) is 58.6 Å². The molecule has 0 spiro atoms. The van der Waals surface area contributed by atoms with Gasteiger partial charge in [-0.2, -0.15) is 0 Å². The van der Waals surface area contributed by atoms with Crippen LogP contribution in [0, 0.1) is 0 Å². The van der Waals surface area contributed by atoms with Crippen molar-refractivity contribution in [1.82, 2.24) is 5.32 Å². The zero-order valence-electron chi connectivity index (χ0n) is 15.2. The Bertz CT molecular complexity index is 830. The summed E-state index contributed by atoms with van der Waals surface area (Å²) in [5.41, 5.74) is 0.0976. The van der Waals surface area contributed by atoms with E-state index in [1.54, 1.807) is 0 Å². The second kappa shape index (κ2) is 7.17. The van der Waals surface area contributed by atoms with Crippen molar-refractivity contribution in [1.29, 1.82) is 0 Å². The number of fused-ring (bicyclic) bond motifs is 1. The minimum atomic E-state index is -1.11. The van der Waals surface area contributed by atoms with E-state index in [1.165, 1.54) is 0 Å². The average molecular weight is 386 g/mol. The molecule has 0 saturated heterocycles. The molecule has 1 unspecified atom stereocenters. The first kappa shape index (κ1) is 18.3. The fourth-order valence-corrected chi connectivity index (χ4v) is 4.54. The van der Waals surface area contributed by atoms with E-state index in [4.69, 9.17) is 16.3 Å². The number of para-hydroxylation sites is 1. The maximum Gasteiger partial charge on any atom is 0.230 e. The van der Waals surface area contributed by atoms with E-state index in [2.05, 4.69) is 5.32 Å². The molecule has 0 aromatic heterocycles. The van der Waals surface area contributed by atoms with Gasteiger partial charge in [-0.05, 0) is 36.6 Å². The number of rotatable bonds is 4. The third-order valence-electron chi connectivity index (χ3n) is 5.99. The fourth-order valence-electron chi connectivity index (χ4n) is 4.42. The average Bonchev–Trinajstić information content (AvgIpc) is 3.18. The molecule has 1 heterocycles. The van der Waals surface area contributed by atoms with Crippen molar-refractivity contribution in [3.8, 4) is 5.75 Å². The van der Waals surface area contributed by atoms with Gasteiger partial charge in [-0.3, -0.25) is 4.79 Å². The highest BCUT2D eigenvalue weighted by Gasteiger charge is 2.44. The molecule has 2 N–H and O–H groups in total. The van der Waals surface area contributed by atoms with Gasteiger partial charge in [0.1, 0.15) is 11.4 Å². The summed E-state index contributed by atoms with van der Waals surface area (Å²) in [6, 6.07) is 15.1. The van der Waals surface area contributed by atoms with E-state index >= 15 is 0 Å². The molecular weight excluding hydrogens is 362 g/mol. The number of carbonyl (C=O) groups is 1. The van der Waals surface area contributed by atoms with Crippen LogP contribution in [0.25, 0.3) is 0 Å². The van der Waals surface area contributed by atoms with E-state index in [0.717, 1.165) is 36.8 Å². The van der Waals surface area contributed by atoms with Crippen molar-refractivity contribution in [3.63, 3.8) is 0 Å². The zero-order valence-corrected chi connectivity index (χ0v) is 16.0. The van der Waals surface area contributed by atoms with E-state index < -0.39 is 11.0 Å². The molecule has 1 atom stereocenters. The van der Waals surface area contributed by atoms with Crippen molar-refractivity contribution in [2.24, 2.45) is 0 Å². The molecule has 1 aliphatic heterocycles. The predicted molar refractivity (Wildman–Crippen MR) is 105 cm³/mol. The Morgan fingerprint density at radius 1 is 1.07 bits per heavy atom. The van der Waals surface area contributed by atoms with Crippen LogP contribution in [0.15, 0.2) is 48.5 Å². The molecule has 27 heavy (non-hydrogen) atoms. The minimum absolute atomic E-state index is 0.0141. The van der Waals surface area contributed by atoms with Crippen LogP contribution in [-0.2, 0) is 15.8 Å². The van der Waals surface area contributed by atoms with Crippen LogP contribution in [-0.4, -0.2) is 24.2 Å². The molecule has 2 aromatic rings. The number of carbonyl (C=O) groups excluding carboxylic acids is 1. The van der Waals surface area contributed by atoms with Gasteiger partial charge >= 0.3 is 0 Å². The molecule has 2 aliphatic rings. The van der Waals surface area contributed by atoms with Gasteiger partial charge in [-0.15, -0.1) is 0 Å². The van der Waals surface area contributed by atoms with Gasteiger partial charge in [-0.1, -0.05) is 54.8 Å². The Labute approximate surface area is 164 Å². The van der Waals surface area contributed by atoms with Crippen molar-refractivity contribution >= 4 is 17.5 Å². The molecule has 142 valence electrons. The first-order chi connectivity index (χ1) is 13.0.